The van der Waals surface area contributed by atoms with Gasteiger partial charge in [0.25, 0.3) is 5.91 Å². The van der Waals surface area contributed by atoms with Crippen LogP contribution in [0.25, 0.3) is 0 Å². The average Bonchev–Trinajstić information content (AvgIpc) is 3.10. The van der Waals surface area contributed by atoms with E-state index in [1.807, 2.05) is 35.7 Å². The van der Waals surface area contributed by atoms with E-state index in [1.165, 1.54) is 4.88 Å². The molecule has 2 amide bonds. The third kappa shape index (κ3) is 3.85. The predicted octanol–water partition coefficient (Wildman–Crippen LogP) is 3.20. The van der Waals surface area contributed by atoms with Gasteiger partial charge in [-0.2, -0.15) is 0 Å². The highest BCUT2D eigenvalue weighted by atomic mass is 32.1. The third-order valence-corrected chi connectivity index (χ3v) is 5.27. The number of rotatable bonds is 5. The van der Waals surface area contributed by atoms with E-state index in [1.54, 1.807) is 28.2 Å². The van der Waals surface area contributed by atoms with Gasteiger partial charge < -0.3 is 14.5 Å². The Morgan fingerprint density at radius 2 is 2.12 bits per heavy atom. The number of carbonyl (C=O) groups excluding carboxylic acids is 2. The summed E-state index contributed by atoms with van der Waals surface area (Å²) in [5.41, 5.74) is 1.49. The number of carbonyl (C=O) groups is 2. The number of anilines is 1. The Labute approximate surface area is 151 Å². The summed E-state index contributed by atoms with van der Waals surface area (Å²) < 4.78 is 5.22. The molecule has 0 atom stereocenters. The second-order valence-corrected chi connectivity index (χ2v) is 7.02. The van der Waals surface area contributed by atoms with Crippen LogP contribution in [0.3, 0.4) is 0 Å². The van der Waals surface area contributed by atoms with E-state index < -0.39 is 0 Å². The number of benzene rings is 1. The van der Waals surface area contributed by atoms with E-state index in [4.69, 9.17) is 4.74 Å². The van der Waals surface area contributed by atoms with Gasteiger partial charge in [-0.05, 0) is 24.6 Å². The number of amides is 2. The molecule has 0 spiro atoms. The number of hydrogen-bond donors (Lipinski definition) is 0. The number of hydrogen-bond acceptors (Lipinski definition) is 4. The van der Waals surface area contributed by atoms with Crippen LogP contribution in [0.5, 0.6) is 5.75 Å². The van der Waals surface area contributed by atoms with Crippen LogP contribution < -0.4 is 9.64 Å². The van der Waals surface area contributed by atoms with Crippen molar-refractivity contribution >= 4 is 28.8 Å². The van der Waals surface area contributed by atoms with Gasteiger partial charge in [-0.1, -0.05) is 19.4 Å². The zero-order valence-electron chi connectivity index (χ0n) is 14.5. The molecule has 1 fully saturated rings. The number of piperazine rings is 1. The molecule has 25 heavy (non-hydrogen) atoms. The molecule has 3 rings (SSSR count). The topological polar surface area (TPSA) is 49.9 Å². The lowest BCUT2D eigenvalue weighted by atomic mass is 10.2. The Balaban J connectivity index is 1.68. The Bertz CT molecular complexity index is 772. The highest BCUT2D eigenvalue weighted by Gasteiger charge is 2.29. The Hall–Kier alpha value is -2.34. The van der Waals surface area contributed by atoms with Crippen LogP contribution in [0.15, 0.2) is 35.7 Å². The maximum absolute atomic E-state index is 12.6. The standard InChI is InChI=1S/C19H22N2O3S/c1-3-5-17-10-14(13-25-17)19(23)20-8-9-21(18(22)12-20)15-6-4-7-16(11-15)24-2/h4,6-7,10-11,13H,3,5,8-9,12H2,1-2H3. The van der Waals surface area contributed by atoms with Gasteiger partial charge in [-0.3, -0.25) is 9.59 Å². The molecule has 6 heteroatoms. The van der Waals surface area contributed by atoms with Crippen LogP contribution in [0.4, 0.5) is 5.69 Å². The zero-order valence-corrected chi connectivity index (χ0v) is 15.3. The first-order valence-electron chi connectivity index (χ1n) is 8.43. The molecule has 1 saturated heterocycles. The summed E-state index contributed by atoms with van der Waals surface area (Å²) in [4.78, 5) is 29.8. The Morgan fingerprint density at radius 1 is 1.28 bits per heavy atom. The van der Waals surface area contributed by atoms with Gasteiger partial charge in [0.05, 0.1) is 12.7 Å². The lowest BCUT2D eigenvalue weighted by Crippen LogP contribution is -2.52. The average molecular weight is 358 g/mol. The first-order valence-corrected chi connectivity index (χ1v) is 9.31. The molecule has 1 aromatic heterocycles. The number of ether oxygens (including phenoxy) is 1. The van der Waals surface area contributed by atoms with Gasteiger partial charge in [0.1, 0.15) is 12.3 Å². The van der Waals surface area contributed by atoms with E-state index in [-0.39, 0.29) is 18.4 Å². The van der Waals surface area contributed by atoms with E-state index in [9.17, 15) is 9.59 Å². The molecule has 0 saturated carbocycles. The predicted molar refractivity (Wildman–Crippen MR) is 99.6 cm³/mol. The summed E-state index contributed by atoms with van der Waals surface area (Å²) in [6, 6.07) is 9.38. The minimum absolute atomic E-state index is 0.0581. The van der Waals surface area contributed by atoms with Crippen LogP contribution in [-0.2, 0) is 11.2 Å². The van der Waals surface area contributed by atoms with Crippen molar-refractivity contribution in [1.82, 2.24) is 4.90 Å². The Kier molecular flexibility index (Phi) is 5.38. The van der Waals surface area contributed by atoms with Gasteiger partial charge >= 0.3 is 0 Å². The fourth-order valence-electron chi connectivity index (χ4n) is 2.95. The third-order valence-electron chi connectivity index (χ3n) is 4.27. The fraction of sp³-hybridized carbons (Fsp3) is 0.368. The lowest BCUT2D eigenvalue weighted by molar-refractivity contribution is -0.120. The normalized spacial score (nSPS) is 14.7. The summed E-state index contributed by atoms with van der Waals surface area (Å²) in [5.74, 6) is 0.583. The van der Waals surface area contributed by atoms with Crippen molar-refractivity contribution in [2.75, 3.05) is 31.6 Å². The van der Waals surface area contributed by atoms with Crippen molar-refractivity contribution < 1.29 is 14.3 Å². The van der Waals surface area contributed by atoms with Crippen molar-refractivity contribution in [1.29, 1.82) is 0 Å². The molecule has 0 radical (unpaired) electrons. The van der Waals surface area contributed by atoms with Crippen molar-refractivity contribution in [3.05, 3.63) is 46.2 Å². The molecule has 0 unspecified atom stereocenters. The van der Waals surface area contributed by atoms with Crippen LogP contribution in [0, 0.1) is 0 Å². The maximum atomic E-state index is 12.6. The van der Waals surface area contributed by atoms with Crippen molar-refractivity contribution in [2.24, 2.45) is 0 Å². The lowest BCUT2D eigenvalue weighted by Gasteiger charge is -2.34. The van der Waals surface area contributed by atoms with Gasteiger partial charge in [-0.15, -0.1) is 11.3 Å². The minimum Gasteiger partial charge on any atom is -0.497 e. The van der Waals surface area contributed by atoms with Crippen LogP contribution in [0.2, 0.25) is 0 Å². The smallest absolute Gasteiger partial charge is 0.255 e. The zero-order chi connectivity index (χ0) is 17.8. The van der Waals surface area contributed by atoms with E-state index >= 15 is 0 Å². The van der Waals surface area contributed by atoms with Gasteiger partial charge in [0.2, 0.25) is 5.91 Å². The minimum atomic E-state index is -0.0723. The fourth-order valence-corrected chi connectivity index (χ4v) is 3.91. The largest absolute Gasteiger partial charge is 0.497 e. The van der Waals surface area contributed by atoms with E-state index in [0.717, 1.165) is 18.5 Å². The van der Waals surface area contributed by atoms with Crippen molar-refractivity contribution in [3.63, 3.8) is 0 Å². The monoisotopic (exact) mass is 358 g/mol. The molecule has 1 aromatic carbocycles. The van der Waals surface area contributed by atoms with Gasteiger partial charge in [0.15, 0.2) is 0 Å². The summed E-state index contributed by atoms with van der Waals surface area (Å²) in [7, 11) is 1.60. The van der Waals surface area contributed by atoms with E-state index in [0.29, 0.717) is 24.4 Å². The molecule has 1 aliphatic rings. The SMILES string of the molecule is CCCc1cc(C(=O)N2CCN(c3cccc(OC)c3)C(=O)C2)cs1. The summed E-state index contributed by atoms with van der Waals surface area (Å²) >= 11 is 1.61. The summed E-state index contributed by atoms with van der Waals surface area (Å²) in [6.07, 6.45) is 2.05. The first kappa shape index (κ1) is 17.5. The molecule has 1 aliphatic heterocycles. The highest BCUT2D eigenvalue weighted by molar-refractivity contribution is 7.10. The first-order chi connectivity index (χ1) is 12.1. The molecule has 0 N–H and O–H groups in total. The molecular formula is C19H22N2O3S. The molecule has 2 heterocycles. The second kappa shape index (κ2) is 7.70. The molecule has 0 aliphatic carbocycles. The summed E-state index contributed by atoms with van der Waals surface area (Å²) in [5, 5.41) is 1.90. The molecule has 5 nitrogen and oxygen atoms in total. The van der Waals surface area contributed by atoms with E-state index in [2.05, 4.69) is 6.92 Å². The maximum Gasteiger partial charge on any atom is 0.255 e. The quantitative estimate of drug-likeness (QED) is 0.825. The van der Waals surface area contributed by atoms with Gasteiger partial charge in [0, 0.05) is 35.1 Å². The molecule has 0 bridgehead atoms. The molecular weight excluding hydrogens is 336 g/mol. The van der Waals surface area contributed by atoms with Crippen LogP contribution in [-0.4, -0.2) is 43.5 Å². The number of nitrogens with zero attached hydrogens (tertiary/aromatic N) is 2. The van der Waals surface area contributed by atoms with Crippen molar-refractivity contribution in [2.45, 2.75) is 19.8 Å². The van der Waals surface area contributed by atoms with Crippen LogP contribution in [0.1, 0.15) is 28.6 Å². The summed E-state index contributed by atoms with van der Waals surface area (Å²) in [6.45, 7) is 3.25. The highest BCUT2D eigenvalue weighted by Crippen LogP contribution is 2.24. The number of methoxy groups -OCH3 is 1. The second-order valence-electron chi connectivity index (χ2n) is 6.03. The Morgan fingerprint density at radius 3 is 2.84 bits per heavy atom. The molecule has 2 aromatic rings. The number of thiophene rings is 1. The molecule has 132 valence electrons. The van der Waals surface area contributed by atoms with Crippen molar-refractivity contribution in [3.8, 4) is 5.75 Å². The van der Waals surface area contributed by atoms with Crippen LogP contribution >= 0.6 is 11.3 Å². The van der Waals surface area contributed by atoms with Gasteiger partial charge in [-0.25, -0.2) is 0 Å². The number of aryl methyl sites for hydroxylation is 1.